The summed E-state index contributed by atoms with van der Waals surface area (Å²) in [5.74, 6) is 0.724. The maximum atomic E-state index is 5.21. The highest BCUT2D eigenvalue weighted by Crippen LogP contribution is 2.39. The average molecular weight is 560 g/mol. The summed E-state index contributed by atoms with van der Waals surface area (Å²) in [6, 6.07) is 49.2. The molecule has 0 N–H and O–H groups in total. The minimum Gasteiger partial charge on any atom is -0.263 e. The molecule has 0 aliphatic heterocycles. The molecule has 0 fully saturated rings. The maximum Gasteiger partial charge on any atom is 0.161 e. The van der Waals surface area contributed by atoms with Gasteiger partial charge in [0.1, 0.15) is 0 Å². The molecule has 204 valence electrons. The Kier molecular flexibility index (Phi) is 5.50. The molecular formula is C41H25N3. The highest BCUT2D eigenvalue weighted by Gasteiger charge is 2.16. The van der Waals surface area contributed by atoms with E-state index in [1.54, 1.807) is 0 Å². The number of fused-ring (bicyclic) bond motifs is 1. The molecule has 3 heteroatoms. The van der Waals surface area contributed by atoms with Gasteiger partial charge in [-0.2, -0.15) is 0 Å². The Balaban J connectivity index is 1.23. The lowest BCUT2D eigenvalue weighted by Gasteiger charge is -2.15. The van der Waals surface area contributed by atoms with Crippen molar-refractivity contribution in [1.29, 1.82) is 0 Å². The van der Waals surface area contributed by atoms with Gasteiger partial charge in [-0.3, -0.25) is 4.98 Å². The molecule has 0 aliphatic carbocycles. The van der Waals surface area contributed by atoms with Gasteiger partial charge in [-0.05, 0) is 55.4 Å². The lowest BCUT2D eigenvalue weighted by molar-refractivity contribution is 1.19. The van der Waals surface area contributed by atoms with Gasteiger partial charge in [-0.1, -0.05) is 127 Å². The van der Waals surface area contributed by atoms with E-state index in [4.69, 9.17) is 9.97 Å². The van der Waals surface area contributed by atoms with Gasteiger partial charge in [0.2, 0.25) is 0 Å². The second-order valence-corrected chi connectivity index (χ2v) is 11.3. The van der Waals surface area contributed by atoms with E-state index in [-0.39, 0.29) is 0 Å². The van der Waals surface area contributed by atoms with Crippen LogP contribution < -0.4 is 0 Å². The van der Waals surface area contributed by atoms with Gasteiger partial charge >= 0.3 is 0 Å². The molecule has 3 nitrogen and oxygen atoms in total. The minimum absolute atomic E-state index is 0.724. The van der Waals surface area contributed by atoms with E-state index < -0.39 is 0 Å². The average Bonchev–Trinajstić information content (AvgIpc) is 3.10. The normalized spacial score (nSPS) is 11.6. The fraction of sp³-hybridized carbons (Fsp3) is 0. The van der Waals surface area contributed by atoms with E-state index in [1.165, 1.54) is 37.7 Å². The van der Waals surface area contributed by atoms with E-state index in [2.05, 4.69) is 138 Å². The number of hydrogen-bond acceptors (Lipinski definition) is 3. The fourth-order valence-corrected chi connectivity index (χ4v) is 6.57. The molecule has 0 radical (unpaired) electrons. The highest BCUT2D eigenvalue weighted by molar-refractivity contribution is 6.25. The molecule has 0 aliphatic rings. The van der Waals surface area contributed by atoms with Gasteiger partial charge < -0.3 is 0 Å². The van der Waals surface area contributed by atoms with Crippen LogP contribution in [-0.4, -0.2) is 15.0 Å². The molecule has 0 bridgehead atoms. The molecule has 7 aromatic carbocycles. The van der Waals surface area contributed by atoms with Gasteiger partial charge in [-0.25, -0.2) is 9.97 Å². The summed E-state index contributed by atoms with van der Waals surface area (Å²) in [5, 5.41) is 9.78. The second kappa shape index (κ2) is 9.82. The number of pyridine rings is 1. The smallest absolute Gasteiger partial charge is 0.161 e. The van der Waals surface area contributed by atoms with Crippen molar-refractivity contribution in [3.05, 3.63) is 152 Å². The molecule has 2 aromatic heterocycles. The molecule has 0 unspecified atom stereocenters. The number of aromatic nitrogens is 3. The van der Waals surface area contributed by atoms with Crippen LogP contribution in [-0.2, 0) is 0 Å². The summed E-state index contributed by atoms with van der Waals surface area (Å²) in [7, 11) is 0. The van der Waals surface area contributed by atoms with Crippen molar-refractivity contribution in [2.75, 3.05) is 0 Å². The summed E-state index contributed by atoms with van der Waals surface area (Å²) in [6.07, 6.45) is 3.86. The number of hydrogen-bond donors (Lipinski definition) is 0. The Morgan fingerprint density at radius 1 is 0.364 bits per heavy atom. The fourth-order valence-electron chi connectivity index (χ4n) is 6.57. The predicted molar refractivity (Wildman–Crippen MR) is 183 cm³/mol. The first-order valence-corrected chi connectivity index (χ1v) is 14.9. The zero-order valence-electron chi connectivity index (χ0n) is 23.8. The Labute approximate surface area is 254 Å². The zero-order chi connectivity index (χ0) is 29.0. The quantitative estimate of drug-likeness (QED) is 0.201. The molecule has 0 amide bonds. The van der Waals surface area contributed by atoms with E-state index in [0.29, 0.717) is 0 Å². The molecule has 0 saturated heterocycles. The van der Waals surface area contributed by atoms with E-state index in [9.17, 15) is 0 Å². The first-order chi connectivity index (χ1) is 21.8. The van der Waals surface area contributed by atoms with E-state index in [0.717, 1.165) is 50.4 Å². The van der Waals surface area contributed by atoms with Crippen LogP contribution in [0.25, 0.3) is 88.1 Å². The number of nitrogens with zero attached hydrogens (tertiary/aromatic N) is 3. The zero-order valence-corrected chi connectivity index (χ0v) is 23.8. The van der Waals surface area contributed by atoms with Crippen molar-refractivity contribution >= 4 is 43.1 Å². The van der Waals surface area contributed by atoms with Crippen LogP contribution >= 0.6 is 0 Å². The molecule has 2 heterocycles. The van der Waals surface area contributed by atoms with Crippen LogP contribution in [0.1, 0.15) is 0 Å². The molecule has 0 saturated carbocycles. The van der Waals surface area contributed by atoms with E-state index >= 15 is 0 Å². The number of rotatable bonds is 4. The van der Waals surface area contributed by atoms with Gasteiger partial charge in [0, 0.05) is 40.0 Å². The highest BCUT2D eigenvalue weighted by atomic mass is 14.9. The SMILES string of the molecule is c1ccc(-c2cc(-c3ccc(-c4cncc5ccccc45)cc3)nc(-c3ccc4ccc5cccc6ccc3c4c56)n2)cc1. The van der Waals surface area contributed by atoms with Crippen molar-refractivity contribution in [1.82, 2.24) is 15.0 Å². The Morgan fingerprint density at radius 3 is 1.77 bits per heavy atom. The van der Waals surface area contributed by atoms with Crippen LogP contribution in [0.2, 0.25) is 0 Å². The van der Waals surface area contributed by atoms with Gasteiger partial charge in [0.25, 0.3) is 0 Å². The maximum absolute atomic E-state index is 5.21. The van der Waals surface area contributed by atoms with Crippen LogP contribution in [0.5, 0.6) is 0 Å². The van der Waals surface area contributed by atoms with Crippen LogP contribution in [0.4, 0.5) is 0 Å². The van der Waals surface area contributed by atoms with Crippen molar-refractivity contribution in [2.24, 2.45) is 0 Å². The summed E-state index contributed by atoms with van der Waals surface area (Å²) < 4.78 is 0. The van der Waals surface area contributed by atoms with Crippen LogP contribution in [0, 0.1) is 0 Å². The number of benzene rings is 7. The van der Waals surface area contributed by atoms with Gasteiger partial charge in [0.15, 0.2) is 5.82 Å². The Hall–Kier alpha value is -5.93. The standard InChI is InChI=1S/C41H25N3/c1-2-7-27(8-3-1)37-23-38(28-15-13-26(14-16-28)36-25-42-24-32-9-4-5-12-33(32)36)44-41(43-37)35-22-20-31-18-17-29-10-6-11-30-19-21-34(35)40(31)39(29)30/h1-25H. The summed E-state index contributed by atoms with van der Waals surface area (Å²) >= 11 is 0. The van der Waals surface area contributed by atoms with Crippen molar-refractivity contribution in [3.63, 3.8) is 0 Å². The topological polar surface area (TPSA) is 38.7 Å². The molecule has 44 heavy (non-hydrogen) atoms. The van der Waals surface area contributed by atoms with Gasteiger partial charge in [0.05, 0.1) is 11.4 Å². The molecule has 0 atom stereocenters. The predicted octanol–water partition coefficient (Wildman–Crippen LogP) is 10.6. The minimum atomic E-state index is 0.724. The largest absolute Gasteiger partial charge is 0.263 e. The third-order valence-corrected chi connectivity index (χ3v) is 8.73. The third-order valence-electron chi connectivity index (χ3n) is 8.73. The molecule has 9 rings (SSSR count). The monoisotopic (exact) mass is 559 g/mol. The Bertz CT molecular complexity index is 2460. The van der Waals surface area contributed by atoms with E-state index in [1.807, 2.05) is 18.5 Å². The second-order valence-electron chi connectivity index (χ2n) is 11.3. The third kappa shape index (κ3) is 3.94. The van der Waals surface area contributed by atoms with Crippen molar-refractivity contribution in [2.45, 2.75) is 0 Å². The summed E-state index contributed by atoms with van der Waals surface area (Å²) in [5.41, 5.74) is 7.18. The lowest BCUT2D eigenvalue weighted by atomic mass is 9.91. The van der Waals surface area contributed by atoms with Crippen LogP contribution in [0.3, 0.4) is 0 Å². The van der Waals surface area contributed by atoms with Crippen LogP contribution in [0.15, 0.2) is 152 Å². The lowest BCUT2D eigenvalue weighted by Crippen LogP contribution is -1.97. The van der Waals surface area contributed by atoms with Crippen molar-refractivity contribution in [3.8, 4) is 45.0 Å². The van der Waals surface area contributed by atoms with Gasteiger partial charge in [-0.15, -0.1) is 0 Å². The molecule has 0 spiro atoms. The Morgan fingerprint density at radius 2 is 0.977 bits per heavy atom. The summed E-state index contributed by atoms with van der Waals surface area (Å²) in [4.78, 5) is 14.9. The van der Waals surface area contributed by atoms with Crippen molar-refractivity contribution < 1.29 is 0 Å². The molecule has 9 aromatic rings. The first kappa shape index (κ1) is 24.6. The molecular weight excluding hydrogens is 534 g/mol. The first-order valence-electron chi connectivity index (χ1n) is 14.9. The summed E-state index contributed by atoms with van der Waals surface area (Å²) in [6.45, 7) is 0.